The molecular weight excluding hydrogens is 296 g/mol. The molecule has 0 atom stereocenters. The van der Waals surface area contributed by atoms with Crippen molar-refractivity contribution in [3.05, 3.63) is 50.7 Å². The number of urea groups is 1. The van der Waals surface area contributed by atoms with Crippen molar-refractivity contribution in [2.24, 2.45) is 0 Å². The van der Waals surface area contributed by atoms with Gasteiger partial charge in [-0.15, -0.1) is 11.3 Å². The molecule has 0 aliphatic carbocycles. The highest BCUT2D eigenvalue weighted by molar-refractivity contribution is 7.13. The molecule has 102 valence electrons. The Bertz CT molecular complexity index is 711. The molecule has 1 aliphatic heterocycles. The predicted molar refractivity (Wildman–Crippen MR) is 79.7 cm³/mol. The summed E-state index contributed by atoms with van der Waals surface area (Å²) in [5, 5.41) is 5.04. The van der Waals surface area contributed by atoms with Gasteiger partial charge in [-0.25, -0.2) is 4.79 Å². The number of thiophene rings is 1. The summed E-state index contributed by atoms with van der Waals surface area (Å²) in [5.74, 6) is -0.0904. The zero-order valence-corrected chi connectivity index (χ0v) is 12.2. The van der Waals surface area contributed by atoms with Crippen LogP contribution >= 0.6 is 22.9 Å². The van der Waals surface area contributed by atoms with Gasteiger partial charge in [0.1, 0.15) is 0 Å². The molecule has 0 radical (unpaired) electrons. The minimum atomic E-state index is -0.141. The maximum atomic E-state index is 12.4. The molecule has 4 nitrogen and oxygen atoms in total. The van der Waals surface area contributed by atoms with E-state index in [0.29, 0.717) is 22.0 Å². The lowest BCUT2D eigenvalue weighted by Gasteiger charge is -2.26. The van der Waals surface area contributed by atoms with E-state index in [1.807, 2.05) is 6.07 Å². The van der Waals surface area contributed by atoms with Gasteiger partial charge in [0.15, 0.2) is 0 Å². The summed E-state index contributed by atoms with van der Waals surface area (Å²) in [4.78, 5) is 26.0. The normalized spacial score (nSPS) is 13.9. The fourth-order valence-corrected chi connectivity index (χ4v) is 3.22. The molecule has 0 bridgehead atoms. The number of hydrogen-bond acceptors (Lipinski definition) is 3. The van der Waals surface area contributed by atoms with E-state index in [1.54, 1.807) is 35.5 Å². The number of amides is 2. The predicted octanol–water partition coefficient (Wildman–Crippen LogP) is 3.61. The third kappa shape index (κ3) is 2.19. The lowest BCUT2D eigenvalue weighted by Crippen LogP contribution is -2.35. The van der Waals surface area contributed by atoms with Gasteiger partial charge < -0.3 is 10.2 Å². The zero-order chi connectivity index (χ0) is 14.3. The van der Waals surface area contributed by atoms with Crippen molar-refractivity contribution in [2.75, 3.05) is 12.4 Å². The highest BCUT2D eigenvalue weighted by Gasteiger charge is 2.21. The molecule has 6 heteroatoms. The Balaban J connectivity index is 1.97. The quantitative estimate of drug-likeness (QED) is 0.862. The lowest BCUT2D eigenvalue weighted by molar-refractivity contribution is 0.104. The van der Waals surface area contributed by atoms with Crippen molar-refractivity contribution in [2.45, 2.75) is 6.54 Å². The Labute approximate surface area is 125 Å². The zero-order valence-electron chi connectivity index (χ0n) is 10.6. The van der Waals surface area contributed by atoms with E-state index in [9.17, 15) is 9.59 Å². The van der Waals surface area contributed by atoms with Crippen LogP contribution in [0.4, 0.5) is 10.5 Å². The molecule has 1 aromatic carbocycles. The third-order valence-electron chi connectivity index (χ3n) is 3.19. The first-order chi connectivity index (χ1) is 9.56. The third-order valence-corrected chi connectivity index (χ3v) is 4.53. The SMILES string of the molecule is CN1Cc2cc(C(=O)c3sccc3Cl)ccc2NC1=O. The van der Waals surface area contributed by atoms with Crippen molar-refractivity contribution in [3.63, 3.8) is 0 Å². The number of ketones is 1. The van der Waals surface area contributed by atoms with Crippen LogP contribution in [0.3, 0.4) is 0 Å². The van der Waals surface area contributed by atoms with Crippen molar-refractivity contribution in [1.29, 1.82) is 0 Å². The molecule has 3 rings (SSSR count). The maximum absolute atomic E-state index is 12.4. The number of anilines is 1. The van der Waals surface area contributed by atoms with Gasteiger partial charge in [0.25, 0.3) is 0 Å². The summed E-state index contributed by atoms with van der Waals surface area (Å²) in [5.41, 5.74) is 2.25. The first-order valence-electron chi connectivity index (χ1n) is 5.99. The first kappa shape index (κ1) is 13.1. The smallest absolute Gasteiger partial charge is 0.321 e. The van der Waals surface area contributed by atoms with Crippen LogP contribution in [0.15, 0.2) is 29.6 Å². The van der Waals surface area contributed by atoms with Crippen LogP contribution in [0.5, 0.6) is 0 Å². The Morgan fingerprint density at radius 3 is 2.90 bits per heavy atom. The van der Waals surface area contributed by atoms with Crippen molar-refractivity contribution >= 4 is 40.4 Å². The van der Waals surface area contributed by atoms with E-state index in [1.165, 1.54) is 11.3 Å². The molecular formula is C14H11ClN2O2S. The van der Waals surface area contributed by atoms with E-state index in [0.717, 1.165) is 11.3 Å². The van der Waals surface area contributed by atoms with Crippen LogP contribution in [0.25, 0.3) is 0 Å². The molecule has 20 heavy (non-hydrogen) atoms. The highest BCUT2D eigenvalue weighted by Crippen LogP contribution is 2.28. The molecule has 0 spiro atoms. The molecule has 0 fully saturated rings. The first-order valence-corrected chi connectivity index (χ1v) is 7.25. The van der Waals surface area contributed by atoms with Gasteiger partial charge in [-0.1, -0.05) is 11.6 Å². The summed E-state index contributed by atoms with van der Waals surface area (Å²) in [7, 11) is 1.71. The summed E-state index contributed by atoms with van der Waals surface area (Å²) in [6.07, 6.45) is 0. The number of hydrogen-bond donors (Lipinski definition) is 1. The molecule has 1 aromatic heterocycles. The summed E-state index contributed by atoms with van der Waals surface area (Å²) in [6.45, 7) is 0.487. The van der Waals surface area contributed by atoms with Gasteiger partial charge in [-0.05, 0) is 35.2 Å². The molecule has 0 saturated heterocycles. The standard InChI is InChI=1S/C14H11ClN2O2S/c1-17-7-9-6-8(2-3-11(9)16-14(17)19)12(18)13-10(15)4-5-20-13/h2-6H,7H2,1H3,(H,16,19). The minimum absolute atomic E-state index is 0.0904. The average Bonchev–Trinajstić information content (AvgIpc) is 2.85. The van der Waals surface area contributed by atoms with Crippen molar-refractivity contribution in [1.82, 2.24) is 4.90 Å². The van der Waals surface area contributed by atoms with E-state index in [-0.39, 0.29) is 11.8 Å². The number of carbonyl (C=O) groups is 2. The molecule has 1 aliphatic rings. The second-order valence-corrected chi connectivity index (χ2v) is 5.91. The monoisotopic (exact) mass is 306 g/mol. The van der Waals surface area contributed by atoms with Gasteiger partial charge in [0, 0.05) is 24.8 Å². The average molecular weight is 307 g/mol. The second-order valence-electron chi connectivity index (χ2n) is 4.58. The minimum Gasteiger partial charge on any atom is -0.323 e. The summed E-state index contributed by atoms with van der Waals surface area (Å²) >= 11 is 7.32. The fraction of sp³-hybridized carbons (Fsp3) is 0.143. The van der Waals surface area contributed by atoms with Crippen LogP contribution in [0.1, 0.15) is 20.8 Å². The van der Waals surface area contributed by atoms with Crippen molar-refractivity contribution in [3.8, 4) is 0 Å². The molecule has 0 saturated carbocycles. The molecule has 1 N–H and O–H groups in total. The molecule has 0 unspecified atom stereocenters. The summed E-state index contributed by atoms with van der Waals surface area (Å²) in [6, 6.07) is 6.85. The van der Waals surface area contributed by atoms with E-state index in [4.69, 9.17) is 11.6 Å². The van der Waals surface area contributed by atoms with Gasteiger partial charge in [-0.2, -0.15) is 0 Å². The van der Waals surface area contributed by atoms with Gasteiger partial charge in [0.05, 0.1) is 9.90 Å². The topological polar surface area (TPSA) is 49.4 Å². The van der Waals surface area contributed by atoms with E-state index in [2.05, 4.69) is 5.32 Å². The van der Waals surface area contributed by atoms with Gasteiger partial charge >= 0.3 is 6.03 Å². The Morgan fingerprint density at radius 1 is 1.40 bits per heavy atom. The van der Waals surface area contributed by atoms with Crippen LogP contribution in [-0.4, -0.2) is 23.8 Å². The molecule has 2 aromatic rings. The van der Waals surface area contributed by atoms with E-state index < -0.39 is 0 Å². The number of fused-ring (bicyclic) bond motifs is 1. The Morgan fingerprint density at radius 2 is 2.20 bits per heavy atom. The van der Waals surface area contributed by atoms with Crippen molar-refractivity contribution < 1.29 is 9.59 Å². The largest absolute Gasteiger partial charge is 0.323 e. The lowest BCUT2D eigenvalue weighted by atomic mass is 10.0. The number of halogens is 1. The Hall–Kier alpha value is -1.85. The Kier molecular flexibility index (Phi) is 3.23. The second kappa shape index (κ2) is 4.92. The summed E-state index contributed by atoms with van der Waals surface area (Å²) < 4.78 is 0. The number of rotatable bonds is 2. The van der Waals surface area contributed by atoms with Crippen LogP contribution in [0, 0.1) is 0 Å². The fourth-order valence-electron chi connectivity index (χ4n) is 2.11. The van der Waals surface area contributed by atoms with Crippen LogP contribution < -0.4 is 5.32 Å². The van der Waals surface area contributed by atoms with Crippen LogP contribution in [-0.2, 0) is 6.54 Å². The van der Waals surface area contributed by atoms with Gasteiger partial charge in [-0.3, -0.25) is 4.79 Å². The molecule has 2 heterocycles. The number of benzene rings is 1. The van der Waals surface area contributed by atoms with Gasteiger partial charge in [0.2, 0.25) is 5.78 Å². The number of carbonyl (C=O) groups excluding carboxylic acids is 2. The maximum Gasteiger partial charge on any atom is 0.321 e. The van der Waals surface area contributed by atoms with E-state index >= 15 is 0 Å². The molecule has 2 amide bonds. The highest BCUT2D eigenvalue weighted by atomic mass is 35.5. The number of nitrogens with zero attached hydrogens (tertiary/aromatic N) is 1. The number of nitrogens with one attached hydrogen (secondary N) is 1. The van der Waals surface area contributed by atoms with Crippen LogP contribution in [0.2, 0.25) is 5.02 Å².